The molecule has 2 aliphatic heterocycles. The number of carbonyl (C=O) groups excluding carboxylic acids is 1. The number of rotatable bonds is 3. The molecule has 1 amide bonds. The molecule has 4 rings (SSSR count). The van der Waals surface area contributed by atoms with Gasteiger partial charge in [-0.2, -0.15) is 0 Å². The zero-order valence-corrected chi connectivity index (χ0v) is 16.3. The van der Waals surface area contributed by atoms with E-state index in [4.69, 9.17) is 0 Å². The van der Waals surface area contributed by atoms with Gasteiger partial charge in [0.1, 0.15) is 5.82 Å². The number of hydrogen-bond acceptors (Lipinski definition) is 4. The molecule has 0 saturated carbocycles. The van der Waals surface area contributed by atoms with E-state index >= 15 is 0 Å². The number of nitrogens with one attached hydrogen (secondary N) is 1. The van der Waals surface area contributed by atoms with Gasteiger partial charge in [0.15, 0.2) is 0 Å². The van der Waals surface area contributed by atoms with Gasteiger partial charge < -0.3 is 15.1 Å². The number of likely N-dealkylation sites (tertiary alicyclic amines) is 1. The van der Waals surface area contributed by atoms with Crippen LogP contribution in [0.2, 0.25) is 0 Å². The summed E-state index contributed by atoms with van der Waals surface area (Å²) >= 11 is 0. The molecule has 1 aromatic carbocycles. The van der Waals surface area contributed by atoms with E-state index in [1.165, 1.54) is 0 Å². The second-order valence-electron chi connectivity index (χ2n) is 6.69. The number of halogens is 2. The fraction of sp³-hybridized carbons (Fsp3) is 0.368. The lowest BCUT2D eigenvalue weighted by Gasteiger charge is -2.20. The zero-order valence-electron chi connectivity index (χ0n) is 14.7. The number of amides is 1. The van der Waals surface area contributed by atoms with E-state index in [-0.39, 0.29) is 30.7 Å². The topological polar surface area (TPSA) is 48.5 Å². The Morgan fingerprint density at radius 2 is 1.73 bits per heavy atom. The van der Waals surface area contributed by atoms with Crippen molar-refractivity contribution in [3.05, 3.63) is 54.2 Å². The van der Waals surface area contributed by atoms with Crippen LogP contribution in [0.4, 0.5) is 11.5 Å². The quantitative estimate of drug-likeness (QED) is 0.868. The van der Waals surface area contributed by atoms with Crippen LogP contribution >= 0.6 is 24.8 Å². The Morgan fingerprint density at radius 1 is 1.08 bits per heavy atom. The molecule has 140 valence electrons. The standard InChI is InChI=1S/C19H22N4O.2ClH/c1-22(17-5-3-2-4-6-17)18-8-7-14(11-21-18)19(24)23-12-15-9-20-10-16(15)13-23;;/h2-8,11,15-16,20H,9-10,12-13H2,1H3;2*1H/t15-,16+;;. The maximum atomic E-state index is 12.7. The zero-order chi connectivity index (χ0) is 16.5. The molecule has 2 aromatic rings. The van der Waals surface area contributed by atoms with E-state index < -0.39 is 0 Å². The van der Waals surface area contributed by atoms with Gasteiger partial charge in [0, 0.05) is 45.1 Å². The van der Waals surface area contributed by atoms with Crippen LogP contribution in [0.15, 0.2) is 48.7 Å². The Labute approximate surface area is 166 Å². The molecule has 26 heavy (non-hydrogen) atoms. The molecule has 2 saturated heterocycles. The van der Waals surface area contributed by atoms with Gasteiger partial charge in [-0.15, -0.1) is 24.8 Å². The Kier molecular flexibility index (Phi) is 6.87. The number of para-hydroxylation sites is 1. The van der Waals surface area contributed by atoms with Crippen LogP contribution in [0.5, 0.6) is 0 Å². The number of pyridine rings is 1. The highest BCUT2D eigenvalue weighted by molar-refractivity contribution is 5.94. The molecule has 0 unspecified atom stereocenters. The lowest BCUT2D eigenvalue weighted by atomic mass is 10.0. The van der Waals surface area contributed by atoms with Crippen molar-refractivity contribution in [2.24, 2.45) is 11.8 Å². The van der Waals surface area contributed by atoms with Gasteiger partial charge in [-0.3, -0.25) is 4.79 Å². The van der Waals surface area contributed by atoms with Crippen molar-refractivity contribution < 1.29 is 4.79 Å². The molecule has 0 bridgehead atoms. The van der Waals surface area contributed by atoms with Gasteiger partial charge in [-0.1, -0.05) is 18.2 Å². The van der Waals surface area contributed by atoms with E-state index in [0.29, 0.717) is 17.4 Å². The van der Waals surface area contributed by atoms with Gasteiger partial charge in [-0.25, -0.2) is 4.98 Å². The molecule has 2 fully saturated rings. The summed E-state index contributed by atoms with van der Waals surface area (Å²) in [6.45, 7) is 3.80. The van der Waals surface area contributed by atoms with Crippen molar-refractivity contribution in [2.45, 2.75) is 0 Å². The smallest absolute Gasteiger partial charge is 0.255 e. The van der Waals surface area contributed by atoms with Gasteiger partial charge in [0.25, 0.3) is 5.91 Å². The molecule has 2 atom stereocenters. The summed E-state index contributed by atoms with van der Waals surface area (Å²) in [4.78, 5) is 21.2. The molecule has 1 N–H and O–H groups in total. The number of carbonyl (C=O) groups is 1. The monoisotopic (exact) mass is 394 g/mol. The van der Waals surface area contributed by atoms with Gasteiger partial charge in [-0.05, 0) is 36.1 Å². The van der Waals surface area contributed by atoms with Crippen LogP contribution in [0.3, 0.4) is 0 Å². The van der Waals surface area contributed by atoms with Gasteiger partial charge >= 0.3 is 0 Å². The highest BCUT2D eigenvalue weighted by atomic mass is 35.5. The average molecular weight is 395 g/mol. The summed E-state index contributed by atoms with van der Waals surface area (Å²) in [5.74, 6) is 2.17. The molecule has 0 radical (unpaired) electrons. The maximum Gasteiger partial charge on any atom is 0.255 e. The van der Waals surface area contributed by atoms with E-state index in [9.17, 15) is 4.79 Å². The van der Waals surface area contributed by atoms with Crippen LogP contribution in [0, 0.1) is 11.8 Å². The summed E-state index contributed by atoms with van der Waals surface area (Å²) < 4.78 is 0. The first-order valence-electron chi connectivity index (χ1n) is 8.47. The van der Waals surface area contributed by atoms with E-state index in [2.05, 4.69) is 10.3 Å². The van der Waals surface area contributed by atoms with Gasteiger partial charge in [0.2, 0.25) is 0 Å². The molecular weight excluding hydrogens is 371 g/mol. The second kappa shape index (κ2) is 8.71. The fourth-order valence-electron chi connectivity index (χ4n) is 3.70. The molecule has 0 spiro atoms. The van der Waals surface area contributed by atoms with E-state index in [1.807, 2.05) is 59.3 Å². The van der Waals surface area contributed by atoms with Crippen LogP contribution in [-0.4, -0.2) is 49.0 Å². The summed E-state index contributed by atoms with van der Waals surface area (Å²) in [6, 6.07) is 13.9. The summed E-state index contributed by atoms with van der Waals surface area (Å²) in [5.41, 5.74) is 1.75. The van der Waals surface area contributed by atoms with E-state index in [1.54, 1.807) is 6.20 Å². The van der Waals surface area contributed by atoms with E-state index in [0.717, 1.165) is 37.7 Å². The molecule has 2 aliphatic rings. The minimum Gasteiger partial charge on any atom is -0.338 e. The minimum atomic E-state index is 0. The Balaban J connectivity index is 0.00000121. The van der Waals surface area contributed by atoms with Crippen molar-refractivity contribution in [1.29, 1.82) is 0 Å². The number of anilines is 2. The predicted octanol–water partition coefficient (Wildman–Crippen LogP) is 2.98. The van der Waals surface area contributed by atoms with Crippen LogP contribution < -0.4 is 10.2 Å². The molecule has 0 aliphatic carbocycles. The summed E-state index contributed by atoms with van der Waals surface area (Å²) in [6.07, 6.45) is 1.70. The largest absolute Gasteiger partial charge is 0.338 e. The summed E-state index contributed by atoms with van der Waals surface area (Å²) in [5, 5.41) is 3.40. The van der Waals surface area contributed by atoms with Gasteiger partial charge in [0.05, 0.1) is 5.56 Å². The van der Waals surface area contributed by atoms with Crippen molar-refractivity contribution in [2.75, 3.05) is 38.1 Å². The highest BCUT2D eigenvalue weighted by Crippen LogP contribution is 2.28. The maximum absolute atomic E-state index is 12.7. The number of benzene rings is 1. The minimum absolute atomic E-state index is 0. The van der Waals surface area contributed by atoms with Crippen molar-refractivity contribution in [3.63, 3.8) is 0 Å². The molecule has 1 aromatic heterocycles. The molecule has 3 heterocycles. The number of fused-ring (bicyclic) bond motifs is 1. The first kappa shape index (κ1) is 20.5. The predicted molar refractivity (Wildman–Crippen MR) is 109 cm³/mol. The van der Waals surface area contributed by atoms with Crippen molar-refractivity contribution in [3.8, 4) is 0 Å². The summed E-state index contributed by atoms with van der Waals surface area (Å²) in [7, 11) is 1.98. The fourth-order valence-corrected chi connectivity index (χ4v) is 3.70. The van der Waals surface area contributed by atoms with Crippen LogP contribution in [0.1, 0.15) is 10.4 Å². The molecule has 5 nitrogen and oxygen atoms in total. The van der Waals surface area contributed by atoms with Crippen molar-refractivity contribution in [1.82, 2.24) is 15.2 Å². The third-order valence-electron chi connectivity index (χ3n) is 5.16. The molecule has 7 heteroatoms. The first-order valence-corrected chi connectivity index (χ1v) is 8.47. The third kappa shape index (κ3) is 3.95. The first-order chi connectivity index (χ1) is 11.7. The number of hydrogen-bond donors (Lipinski definition) is 1. The number of nitrogens with zero attached hydrogens (tertiary/aromatic N) is 3. The number of aromatic nitrogens is 1. The highest BCUT2D eigenvalue weighted by Gasteiger charge is 2.38. The van der Waals surface area contributed by atoms with Crippen molar-refractivity contribution >= 4 is 42.2 Å². The van der Waals surface area contributed by atoms with Crippen LogP contribution in [0.25, 0.3) is 0 Å². The molecular formula is C19H24Cl2N4O. The Hall–Kier alpha value is -1.82. The Morgan fingerprint density at radius 3 is 2.31 bits per heavy atom. The normalized spacial score (nSPS) is 20.7. The average Bonchev–Trinajstić information content (AvgIpc) is 3.23. The Bertz CT molecular complexity index is 714. The second-order valence-corrected chi connectivity index (χ2v) is 6.69. The SMILES string of the molecule is CN(c1ccccc1)c1ccc(C(=O)N2C[C@H]3CNC[C@H]3C2)cn1.Cl.Cl. The lowest BCUT2D eigenvalue weighted by molar-refractivity contribution is 0.0781. The lowest BCUT2D eigenvalue weighted by Crippen LogP contribution is -2.32. The van der Waals surface area contributed by atoms with Crippen LogP contribution in [-0.2, 0) is 0 Å². The third-order valence-corrected chi connectivity index (χ3v) is 5.16.